The van der Waals surface area contributed by atoms with E-state index in [-0.39, 0.29) is 24.2 Å². The first kappa shape index (κ1) is 20.2. The molecule has 0 bridgehead atoms. The standard InChI is InChI=1S/C21H28N2O5/c1-13-7-8-18(28-2)17(9-13)23-12-15(10-19(23)24)20(25)22-11-14-5-3-4-6-16(14)21(26)27/h7-9,14-16H,3-6,10-12H2,1-2H3,(H,22,25)(H,26,27)/t14-,15?,16-/m0/s1. The van der Waals surface area contributed by atoms with Crippen molar-refractivity contribution in [3.8, 4) is 5.75 Å². The van der Waals surface area contributed by atoms with Crippen LogP contribution in [0.25, 0.3) is 0 Å². The quantitative estimate of drug-likeness (QED) is 0.780. The van der Waals surface area contributed by atoms with Crippen LogP contribution >= 0.6 is 0 Å². The van der Waals surface area contributed by atoms with E-state index in [1.165, 1.54) is 0 Å². The van der Waals surface area contributed by atoms with Gasteiger partial charge in [-0.3, -0.25) is 14.4 Å². The van der Waals surface area contributed by atoms with Crippen molar-refractivity contribution in [2.45, 2.75) is 39.0 Å². The predicted octanol–water partition coefficient (Wildman–Crippen LogP) is 2.36. The number of hydrogen-bond acceptors (Lipinski definition) is 4. The number of hydrogen-bond donors (Lipinski definition) is 2. The summed E-state index contributed by atoms with van der Waals surface area (Å²) in [5.74, 6) is -1.35. The minimum Gasteiger partial charge on any atom is -0.495 e. The van der Waals surface area contributed by atoms with E-state index in [0.717, 1.165) is 24.8 Å². The van der Waals surface area contributed by atoms with Crippen molar-refractivity contribution < 1.29 is 24.2 Å². The highest BCUT2D eigenvalue weighted by molar-refractivity contribution is 6.01. The number of nitrogens with zero attached hydrogens (tertiary/aromatic N) is 1. The SMILES string of the molecule is COc1ccc(C)cc1N1CC(C(=O)NC[C@@H]2CCCC[C@@H]2C(=O)O)CC1=O. The Morgan fingerprint density at radius 1 is 1.29 bits per heavy atom. The molecule has 1 heterocycles. The van der Waals surface area contributed by atoms with E-state index in [2.05, 4.69) is 5.32 Å². The molecule has 2 amide bonds. The predicted molar refractivity (Wildman–Crippen MR) is 104 cm³/mol. The molecular formula is C21H28N2O5. The van der Waals surface area contributed by atoms with Crippen molar-refractivity contribution in [1.82, 2.24) is 5.32 Å². The van der Waals surface area contributed by atoms with Gasteiger partial charge in [-0.15, -0.1) is 0 Å². The molecule has 1 aliphatic carbocycles. The molecular weight excluding hydrogens is 360 g/mol. The van der Waals surface area contributed by atoms with Crippen LogP contribution in [0.3, 0.4) is 0 Å². The van der Waals surface area contributed by atoms with Gasteiger partial charge >= 0.3 is 5.97 Å². The Labute approximate surface area is 165 Å². The number of aliphatic carboxylic acids is 1. The molecule has 1 aromatic carbocycles. The van der Waals surface area contributed by atoms with Gasteiger partial charge in [-0.2, -0.15) is 0 Å². The zero-order valence-electron chi connectivity index (χ0n) is 16.4. The Morgan fingerprint density at radius 3 is 2.75 bits per heavy atom. The van der Waals surface area contributed by atoms with Gasteiger partial charge < -0.3 is 20.1 Å². The Balaban J connectivity index is 1.62. The van der Waals surface area contributed by atoms with Gasteiger partial charge in [-0.25, -0.2) is 0 Å². The van der Waals surface area contributed by atoms with Crippen LogP contribution in [-0.2, 0) is 14.4 Å². The lowest BCUT2D eigenvalue weighted by molar-refractivity contribution is -0.145. The molecule has 1 saturated carbocycles. The van der Waals surface area contributed by atoms with Gasteiger partial charge in [0.25, 0.3) is 0 Å². The molecule has 2 fully saturated rings. The summed E-state index contributed by atoms with van der Waals surface area (Å²) in [6, 6.07) is 5.62. The Bertz CT molecular complexity index is 763. The lowest BCUT2D eigenvalue weighted by atomic mass is 9.79. The van der Waals surface area contributed by atoms with Crippen molar-refractivity contribution in [3.63, 3.8) is 0 Å². The zero-order valence-corrected chi connectivity index (χ0v) is 16.4. The summed E-state index contributed by atoms with van der Waals surface area (Å²) < 4.78 is 5.37. The first-order chi connectivity index (χ1) is 13.4. The van der Waals surface area contributed by atoms with Gasteiger partial charge in [0, 0.05) is 19.5 Å². The molecule has 1 saturated heterocycles. The first-order valence-electron chi connectivity index (χ1n) is 9.86. The molecule has 0 radical (unpaired) electrons. The molecule has 3 atom stereocenters. The highest BCUT2D eigenvalue weighted by Gasteiger charge is 2.37. The van der Waals surface area contributed by atoms with Gasteiger partial charge in [-0.1, -0.05) is 18.9 Å². The number of ether oxygens (including phenoxy) is 1. The summed E-state index contributed by atoms with van der Waals surface area (Å²) in [6.07, 6.45) is 3.54. The largest absolute Gasteiger partial charge is 0.495 e. The fourth-order valence-electron chi connectivity index (χ4n) is 4.28. The van der Waals surface area contributed by atoms with Crippen molar-refractivity contribution in [2.75, 3.05) is 25.1 Å². The van der Waals surface area contributed by atoms with Crippen molar-refractivity contribution in [1.29, 1.82) is 0 Å². The molecule has 152 valence electrons. The second-order valence-electron chi connectivity index (χ2n) is 7.82. The fourth-order valence-corrected chi connectivity index (χ4v) is 4.28. The van der Waals surface area contributed by atoms with E-state index < -0.39 is 17.8 Å². The number of carboxylic acids is 1. The van der Waals surface area contributed by atoms with E-state index in [1.807, 2.05) is 25.1 Å². The molecule has 7 heteroatoms. The number of benzene rings is 1. The molecule has 2 N–H and O–H groups in total. The van der Waals surface area contributed by atoms with Crippen LogP contribution in [0.15, 0.2) is 18.2 Å². The van der Waals surface area contributed by atoms with Gasteiger partial charge in [0.15, 0.2) is 0 Å². The molecule has 0 spiro atoms. The summed E-state index contributed by atoms with van der Waals surface area (Å²) in [5, 5.41) is 12.3. The molecule has 28 heavy (non-hydrogen) atoms. The highest BCUT2D eigenvalue weighted by Crippen LogP contribution is 2.34. The topological polar surface area (TPSA) is 95.9 Å². The third kappa shape index (κ3) is 4.29. The van der Waals surface area contributed by atoms with E-state index >= 15 is 0 Å². The number of carbonyl (C=O) groups is 3. The number of nitrogens with one attached hydrogen (secondary N) is 1. The van der Waals surface area contributed by atoms with E-state index in [0.29, 0.717) is 30.9 Å². The second kappa shape index (κ2) is 8.63. The van der Waals surface area contributed by atoms with E-state index in [4.69, 9.17) is 4.74 Å². The molecule has 2 aliphatic rings. The Kier molecular flexibility index (Phi) is 6.21. The third-order valence-electron chi connectivity index (χ3n) is 5.89. The first-order valence-corrected chi connectivity index (χ1v) is 9.86. The fraction of sp³-hybridized carbons (Fsp3) is 0.571. The van der Waals surface area contributed by atoms with Gasteiger partial charge in [0.05, 0.1) is 24.6 Å². The zero-order chi connectivity index (χ0) is 20.3. The smallest absolute Gasteiger partial charge is 0.306 e. The summed E-state index contributed by atoms with van der Waals surface area (Å²) in [6.45, 7) is 2.60. The van der Waals surface area contributed by atoms with Crippen LogP contribution in [0.4, 0.5) is 5.69 Å². The highest BCUT2D eigenvalue weighted by atomic mass is 16.5. The maximum absolute atomic E-state index is 12.6. The number of amides is 2. The minimum absolute atomic E-state index is 0.0414. The van der Waals surface area contributed by atoms with E-state index in [9.17, 15) is 19.5 Å². The number of anilines is 1. The van der Waals surface area contributed by atoms with Crippen molar-refractivity contribution >= 4 is 23.5 Å². The van der Waals surface area contributed by atoms with Crippen LogP contribution < -0.4 is 15.0 Å². The van der Waals surface area contributed by atoms with Crippen molar-refractivity contribution in [3.05, 3.63) is 23.8 Å². The van der Waals surface area contributed by atoms with Crippen LogP contribution in [0.2, 0.25) is 0 Å². The van der Waals surface area contributed by atoms with Gasteiger partial charge in [0.1, 0.15) is 5.75 Å². The van der Waals surface area contributed by atoms with Crippen molar-refractivity contribution in [2.24, 2.45) is 17.8 Å². The summed E-state index contributed by atoms with van der Waals surface area (Å²) >= 11 is 0. The lowest BCUT2D eigenvalue weighted by Crippen LogP contribution is -2.40. The minimum atomic E-state index is -0.785. The van der Waals surface area contributed by atoms with Crippen LogP contribution in [0.5, 0.6) is 5.75 Å². The molecule has 1 unspecified atom stereocenters. The monoisotopic (exact) mass is 388 g/mol. The Morgan fingerprint density at radius 2 is 2.04 bits per heavy atom. The maximum atomic E-state index is 12.6. The maximum Gasteiger partial charge on any atom is 0.306 e. The number of methoxy groups -OCH3 is 1. The van der Waals surface area contributed by atoms with E-state index in [1.54, 1.807) is 12.0 Å². The van der Waals surface area contributed by atoms with Crippen LogP contribution in [0.1, 0.15) is 37.7 Å². The average molecular weight is 388 g/mol. The molecule has 3 rings (SSSR count). The molecule has 7 nitrogen and oxygen atoms in total. The second-order valence-corrected chi connectivity index (χ2v) is 7.82. The molecule has 1 aliphatic heterocycles. The normalized spacial score (nSPS) is 24.9. The van der Waals surface area contributed by atoms with Crippen LogP contribution in [-0.4, -0.2) is 43.1 Å². The van der Waals surface area contributed by atoms with Crippen LogP contribution in [0, 0.1) is 24.7 Å². The van der Waals surface area contributed by atoms with Gasteiger partial charge in [0.2, 0.25) is 11.8 Å². The summed E-state index contributed by atoms with van der Waals surface area (Å²) in [5.41, 5.74) is 1.69. The number of carboxylic acid groups (broad SMARTS) is 1. The summed E-state index contributed by atoms with van der Waals surface area (Å²) in [7, 11) is 1.56. The molecule has 0 aromatic heterocycles. The lowest BCUT2D eigenvalue weighted by Gasteiger charge is -2.29. The third-order valence-corrected chi connectivity index (χ3v) is 5.89. The Hall–Kier alpha value is -2.57. The molecule has 1 aromatic rings. The van der Waals surface area contributed by atoms with Gasteiger partial charge in [-0.05, 0) is 43.4 Å². The number of carbonyl (C=O) groups excluding carboxylic acids is 2. The number of aryl methyl sites for hydroxylation is 1. The number of rotatable bonds is 6. The summed E-state index contributed by atoms with van der Waals surface area (Å²) in [4.78, 5) is 38.2. The average Bonchev–Trinajstić information content (AvgIpc) is 3.07.